The van der Waals surface area contributed by atoms with Crippen molar-refractivity contribution in [1.29, 1.82) is 0 Å². The Bertz CT molecular complexity index is 1880. The van der Waals surface area contributed by atoms with Crippen molar-refractivity contribution in [3.63, 3.8) is 0 Å². The molecule has 1 atom stereocenters. The zero-order valence-electron chi connectivity index (χ0n) is 22.3. The number of anilines is 2. The van der Waals surface area contributed by atoms with Gasteiger partial charge in [-0.3, -0.25) is 4.72 Å². The van der Waals surface area contributed by atoms with Gasteiger partial charge in [0.2, 0.25) is 16.0 Å². The molecule has 4 aromatic carbocycles. The molecule has 10 heteroatoms. The second-order valence-electron chi connectivity index (χ2n) is 9.70. The van der Waals surface area contributed by atoms with E-state index in [-0.39, 0.29) is 6.04 Å². The summed E-state index contributed by atoms with van der Waals surface area (Å²) in [6, 6.07) is 30.3. The van der Waals surface area contributed by atoms with E-state index < -0.39 is 10.0 Å². The molecule has 1 aromatic heterocycles. The number of hydrogen-bond acceptors (Lipinski definition) is 7. The summed E-state index contributed by atoms with van der Waals surface area (Å²) in [6.45, 7) is 0. The van der Waals surface area contributed by atoms with Crippen molar-refractivity contribution in [3.8, 4) is 17.0 Å². The number of rotatable bonds is 7. The minimum absolute atomic E-state index is 0.247. The second-order valence-corrected chi connectivity index (χ2v) is 11.9. The van der Waals surface area contributed by atoms with Gasteiger partial charge in [-0.25, -0.2) is 23.4 Å². The van der Waals surface area contributed by atoms with Gasteiger partial charge in [-0.1, -0.05) is 72.3 Å². The first kappa shape index (κ1) is 26.7. The molecule has 0 aliphatic carbocycles. The Labute approximate surface area is 243 Å². The van der Waals surface area contributed by atoms with Gasteiger partial charge in [-0.15, -0.1) is 0 Å². The van der Waals surface area contributed by atoms with Crippen molar-refractivity contribution in [1.82, 2.24) is 9.97 Å². The van der Waals surface area contributed by atoms with E-state index >= 15 is 0 Å². The molecule has 6 rings (SSSR count). The number of hydrazone groups is 1. The van der Waals surface area contributed by atoms with Crippen molar-refractivity contribution in [3.05, 3.63) is 113 Å². The van der Waals surface area contributed by atoms with Crippen LogP contribution in [0.15, 0.2) is 102 Å². The number of methoxy groups -OCH3 is 1. The maximum atomic E-state index is 11.7. The molecular formula is C31H26ClN5O3S. The topological polar surface area (TPSA) is 96.8 Å². The van der Waals surface area contributed by atoms with E-state index in [0.717, 1.165) is 51.0 Å². The van der Waals surface area contributed by atoms with Crippen LogP contribution in [0.5, 0.6) is 5.75 Å². The maximum Gasteiger partial charge on any atom is 0.247 e. The summed E-state index contributed by atoms with van der Waals surface area (Å²) in [4.78, 5) is 9.97. The number of benzene rings is 4. The van der Waals surface area contributed by atoms with Gasteiger partial charge >= 0.3 is 0 Å². The summed E-state index contributed by atoms with van der Waals surface area (Å²) in [7, 11) is -1.73. The number of ether oxygens (including phenoxy) is 1. The number of sulfonamides is 1. The summed E-state index contributed by atoms with van der Waals surface area (Å²) < 4.78 is 31.6. The van der Waals surface area contributed by atoms with Gasteiger partial charge in [0.15, 0.2) is 0 Å². The highest BCUT2D eigenvalue weighted by atomic mass is 35.5. The molecular weight excluding hydrogens is 558 g/mol. The molecule has 2 heterocycles. The Hall–Kier alpha value is -4.47. The van der Waals surface area contributed by atoms with Gasteiger partial charge in [-0.2, -0.15) is 5.10 Å². The van der Waals surface area contributed by atoms with E-state index in [1.165, 1.54) is 0 Å². The van der Waals surface area contributed by atoms with Crippen LogP contribution in [0.3, 0.4) is 0 Å². The van der Waals surface area contributed by atoms with E-state index in [4.69, 9.17) is 31.4 Å². The van der Waals surface area contributed by atoms with Gasteiger partial charge in [0.05, 0.1) is 36.3 Å². The van der Waals surface area contributed by atoms with E-state index in [0.29, 0.717) is 23.1 Å². The van der Waals surface area contributed by atoms with Crippen LogP contribution in [0, 0.1) is 0 Å². The molecule has 0 spiro atoms. The minimum Gasteiger partial charge on any atom is -0.496 e. The molecule has 5 aromatic rings. The first-order valence-electron chi connectivity index (χ1n) is 12.9. The van der Waals surface area contributed by atoms with Crippen molar-refractivity contribution in [2.45, 2.75) is 12.5 Å². The third kappa shape index (κ3) is 5.59. The average Bonchev–Trinajstić information content (AvgIpc) is 3.42. The lowest BCUT2D eigenvalue weighted by molar-refractivity contribution is 0.405. The predicted molar refractivity (Wildman–Crippen MR) is 164 cm³/mol. The van der Waals surface area contributed by atoms with E-state index in [1.807, 2.05) is 89.9 Å². The van der Waals surface area contributed by atoms with Gasteiger partial charge in [-0.05, 0) is 42.0 Å². The number of hydrogen-bond donors (Lipinski definition) is 1. The van der Waals surface area contributed by atoms with Gasteiger partial charge in [0, 0.05) is 33.6 Å². The van der Waals surface area contributed by atoms with Crippen LogP contribution >= 0.6 is 11.6 Å². The van der Waals surface area contributed by atoms with Crippen molar-refractivity contribution in [2.24, 2.45) is 5.10 Å². The van der Waals surface area contributed by atoms with E-state index in [2.05, 4.69) is 4.72 Å². The van der Waals surface area contributed by atoms with Crippen molar-refractivity contribution in [2.75, 3.05) is 23.1 Å². The number of fused-ring (bicyclic) bond motifs is 1. The molecule has 1 N–H and O–H groups in total. The smallest absolute Gasteiger partial charge is 0.247 e. The second kappa shape index (κ2) is 10.8. The van der Waals surface area contributed by atoms with Crippen LogP contribution in [-0.4, -0.2) is 37.5 Å². The van der Waals surface area contributed by atoms with Gasteiger partial charge in [0.25, 0.3) is 0 Å². The van der Waals surface area contributed by atoms with Gasteiger partial charge in [0.1, 0.15) is 5.75 Å². The Balaban J connectivity index is 1.50. The number of nitrogens with zero attached hydrogens (tertiary/aromatic N) is 4. The molecule has 1 aliphatic heterocycles. The number of nitrogens with one attached hydrogen (secondary N) is 1. The molecule has 8 nitrogen and oxygen atoms in total. The Morgan fingerprint density at radius 2 is 1.63 bits per heavy atom. The normalized spacial score (nSPS) is 15.1. The molecule has 0 fully saturated rings. The lowest BCUT2D eigenvalue weighted by Gasteiger charge is -2.24. The summed E-state index contributed by atoms with van der Waals surface area (Å²) in [5.41, 5.74) is 5.55. The Morgan fingerprint density at radius 1 is 0.902 bits per heavy atom. The summed E-state index contributed by atoms with van der Waals surface area (Å²) in [6.07, 6.45) is 1.68. The highest BCUT2D eigenvalue weighted by Crippen LogP contribution is 2.40. The van der Waals surface area contributed by atoms with Crippen molar-refractivity contribution < 1.29 is 13.2 Å². The minimum atomic E-state index is -3.38. The van der Waals surface area contributed by atoms with Crippen LogP contribution < -0.4 is 14.5 Å². The first-order chi connectivity index (χ1) is 19.8. The highest BCUT2D eigenvalue weighted by molar-refractivity contribution is 7.92. The molecule has 41 heavy (non-hydrogen) atoms. The monoisotopic (exact) mass is 583 g/mol. The fraction of sp³-hybridized carbons (Fsp3) is 0.129. The first-order valence-corrected chi connectivity index (χ1v) is 15.2. The highest BCUT2D eigenvalue weighted by Gasteiger charge is 2.34. The third-order valence-electron chi connectivity index (χ3n) is 6.83. The summed E-state index contributed by atoms with van der Waals surface area (Å²) >= 11 is 6.38. The molecule has 1 aliphatic rings. The van der Waals surface area contributed by atoms with Crippen LogP contribution in [0.4, 0.5) is 11.6 Å². The number of aromatic nitrogens is 2. The molecule has 0 bridgehead atoms. The van der Waals surface area contributed by atoms with E-state index in [1.54, 1.807) is 19.2 Å². The van der Waals surface area contributed by atoms with Gasteiger partial charge < -0.3 is 4.74 Å². The quantitative estimate of drug-likeness (QED) is 0.229. The Morgan fingerprint density at radius 3 is 2.37 bits per heavy atom. The molecule has 206 valence electrons. The van der Waals surface area contributed by atoms with Crippen LogP contribution in [-0.2, 0) is 10.0 Å². The largest absolute Gasteiger partial charge is 0.496 e. The fourth-order valence-corrected chi connectivity index (χ4v) is 5.74. The average molecular weight is 584 g/mol. The number of para-hydroxylation sites is 1. The lowest BCUT2D eigenvalue weighted by Crippen LogP contribution is -2.21. The van der Waals surface area contributed by atoms with E-state index in [9.17, 15) is 8.42 Å². The van der Waals surface area contributed by atoms with Crippen LogP contribution in [0.25, 0.3) is 22.2 Å². The molecule has 1 unspecified atom stereocenters. The SMILES string of the molecule is COc1ccccc1C1CC(c2ccc(NS(C)(=O)=O)cc2)=NN1c1nc(-c2ccccc2)c2cc(Cl)ccc2n1. The predicted octanol–water partition coefficient (Wildman–Crippen LogP) is 6.69. The standard InChI is InChI=1S/C31H26ClN5O3S/c1-40-29-11-7-6-10-24(29)28-19-27(20-12-15-23(16-13-20)36-41(2,38)39)35-37(28)31-33-26-17-14-22(32)18-25(26)30(34-31)21-8-4-3-5-9-21/h3-18,28,36H,19H2,1-2H3. The third-order valence-corrected chi connectivity index (χ3v) is 7.67. The molecule has 0 amide bonds. The molecule has 0 saturated heterocycles. The Kier molecular flexibility index (Phi) is 7.07. The van der Waals surface area contributed by atoms with Crippen molar-refractivity contribution >= 4 is 49.9 Å². The van der Waals surface area contributed by atoms with Crippen LogP contribution in [0.2, 0.25) is 5.02 Å². The zero-order chi connectivity index (χ0) is 28.6. The zero-order valence-corrected chi connectivity index (χ0v) is 23.9. The number of halogens is 1. The fourth-order valence-electron chi connectivity index (χ4n) is 5.00. The molecule has 0 radical (unpaired) electrons. The lowest BCUT2D eigenvalue weighted by atomic mass is 9.97. The molecule has 0 saturated carbocycles. The maximum absolute atomic E-state index is 11.7. The summed E-state index contributed by atoms with van der Waals surface area (Å²) in [5, 5.41) is 8.32. The van der Waals surface area contributed by atoms with Crippen LogP contribution in [0.1, 0.15) is 23.6 Å². The summed E-state index contributed by atoms with van der Waals surface area (Å²) in [5.74, 6) is 1.18.